The van der Waals surface area contributed by atoms with Gasteiger partial charge in [-0.25, -0.2) is 14.2 Å². The number of carbonyl (C=O) groups excluding carboxylic acids is 1. The number of benzene rings is 1. The second-order valence-corrected chi connectivity index (χ2v) is 9.03. The predicted molar refractivity (Wildman–Crippen MR) is 117 cm³/mol. The first-order valence-electron chi connectivity index (χ1n) is 10.3. The topological polar surface area (TPSA) is 68.2 Å². The van der Waals surface area contributed by atoms with Crippen molar-refractivity contribution in [3.8, 4) is 0 Å². The number of amides is 2. The molecule has 2 atom stereocenters. The van der Waals surface area contributed by atoms with Gasteiger partial charge in [0.15, 0.2) is 0 Å². The Hall–Kier alpha value is -2.92. The van der Waals surface area contributed by atoms with Gasteiger partial charge >= 0.3 is 12.2 Å². The molecular formula is C22H22F4N4O2S. The summed E-state index contributed by atoms with van der Waals surface area (Å²) in [6.07, 6.45) is -3.09. The minimum atomic E-state index is -4.41. The van der Waals surface area contributed by atoms with Crippen LogP contribution in [0.3, 0.4) is 0 Å². The van der Waals surface area contributed by atoms with Crippen molar-refractivity contribution in [1.29, 1.82) is 0 Å². The standard InChI is InChI=1S/C22H22F4N4O2S/c1-13-27-20(28-21(32)30(13)11-17-6-7-19(33-17)22(24,25)26)29-9-8-18(15(10-29)12-31)14-2-4-16(23)5-3-14/h2-8,13,15,31H,9-12H2,1H3,(H,27,28,32). The first-order valence-corrected chi connectivity index (χ1v) is 11.1. The molecule has 1 aromatic heterocycles. The third kappa shape index (κ3) is 5.03. The Morgan fingerprint density at radius 3 is 2.55 bits per heavy atom. The van der Waals surface area contributed by atoms with E-state index in [2.05, 4.69) is 10.3 Å². The molecule has 33 heavy (non-hydrogen) atoms. The quantitative estimate of drug-likeness (QED) is 0.644. The molecule has 4 rings (SSSR count). The maximum Gasteiger partial charge on any atom is 0.425 e. The number of aliphatic hydroxyl groups excluding tert-OH is 1. The molecule has 0 fully saturated rings. The highest BCUT2D eigenvalue weighted by atomic mass is 32.1. The van der Waals surface area contributed by atoms with E-state index in [4.69, 9.17) is 0 Å². The van der Waals surface area contributed by atoms with Crippen molar-refractivity contribution in [2.75, 3.05) is 19.7 Å². The minimum absolute atomic E-state index is 0.0123. The van der Waals surface area contributed by atoms with Crippen LogP contribution in [0.25, 0.3) is 5.57 Å². The normalized spacial score (nSPS) is 21.6. The third-order valence-electron chi connectivity index (χ3n) is 5.62. The van der Waals surface area contributed by atoms with Crippen LogP contribution in [0.1, 0.15) is 22.2 Å². The number of thiophene rings is 1. The molecule has 0 saturated carbocycles. The molecule has 2 amide bonds. The lowest BCUT2D eigenvalue weighted by molar-refractivity contribution is -0.134. The Morgan fingerprint density at radius 1 is 1.21 bits per heavy atom. The van der Waals surface area contributed by atoms with E-state index in [0.717, 1.165) is 17.2 Å². The minimum Gasteiger partial charge on any atom is -0.396 e. The second kappa shape index (κ2) is 9.14. The van der Waals surface area contributed by atoms with Crippen LogP contribution in [-0.4, -0.2) is 52.8 Å². The van der Waals surface area contributed by atoms with Gasteiger partial charge < -0.3 is 10.0 Å². The highest BCUT2D eigenvalue weighted by Crippen LogP contribution is 2.35. The molecule has 0 saturated heterocycles. The van der Waals surface area contributed by atoms with E-state index in [9.17, 15) is 27.5 Å². The van der Waals surface area contributed by atoms with Crippen molar-refractivity contribution in [2.24, 2.45) is 10.9 Å². The maximum absolute atomic E-state index is 13.2. The zero-order valence-corrected chi connectivity index (χ0v) is 18.5. The number of guanidine groups is 1. The van der Waals surface area contributed by atoms with Crippen LogP contribution in [0.15, 0.2) is 47.5 Å². The average Bonchev–Trinajstić information content (AvgIpc) is 3.26. The van der Waals surface area contributed by atoms with Crippen molar-refractivity contribution in [3.63, 3.8) is 0 Å². The second-order valence-electron chi connectivity index (χ2n) is 7.86. The molecule has 2 aliphatic rings. The zero-order chi connectivity index (χ0) is 23.8. The molecule has 0 bridgehead atoms. The van der Waals surface area contributed by atoms with Gasteiger partial charge in [-0.05, 0) is 42.3 Å². The summed E-state index contributed by atoms with van der Waals surface area (Å²) in [5, 5.41) is 12.6. The lowest BCUT2D eigenvalue weighted by atomic mass is 9.89. The van der Waals surface area contributed by atoms with Gasteiger partial charge in [-0.3, -0.25) is 10.2 Å². The number of nitrogens with zero attached hydrogens (tertiary/aromatic N) is 3. The van der Waals surface area contributed by atoms with E-state index in [1.807, 2.05) is 11.0 Å². The van der Waals surface area contributed by atoms with Crippen LogP contribution < -0.4 is 5.32 Å². The third-order valence-corrected chi connectivity index (χ3v) is 6.73. The van der Waals surface area contributed by atoms with Crippen molar-refractivity contribution in [2.45, 2.75) is 25.8 Å². The van der Waals surface area contributed by atoms with Crippen LogP contribution in [0.4, 0.5) is 22.4 Å². The van der Waals surface area contributed by atoms with Crippen LogP contribution >= 0.6 is 11.3 Å². The number of nitrogens with one attached hydrogen (secondary N) is 1. The molecule has 0 aliphatic carbocycles. The first-order chi connectivity index (χ1) is 15.7. The Balaban J connectivity index is 1.47. The first kappa shape index (κ1) is 23.2. The Labute approximate surface area is 191 Å². The summed E-state index contributed by atoms with van der Waals surface area (Å²) in [7, 11) is 0. The number of rotatable bonds is 4. The lowest BCUT2D eigenvalue weighted by Gasteiger charge is -2.38. The molecular weight excluding hydrogens is 460 g/mol. The summed E-state index contributed by atoms with van der Waals surface area (Å²) in [6, 6.07) is 7.97. The highest BCUT2D eigenvalue weighted by Gasteiger charge is 2.34. The molecule has 2 N–H and O–H groups in total. The van der Waals surface area contributed by atoms with Gasteiger partial charge in [-0.15, -0.1) is 11.3 Å². The molecule has 0 spiro atoms. The summed E-state index contributed by atoms with van der Waals surface area (Å²) in [6.45, 7) is 2.39. The molecule has 3 heterocycles. The van der Waals surface area contributed by atoms with Crippen LogP contribution in [0.2, 0.25) is 0 Å². The maximum atomic E-state index is 13.2. The number of halogens is 4. The van der Waals surface area contributed by atoms with Gasteiger partial charge in [0.2, 0.25) is 5.96 Å². The van der Waals surface area contributed by atoms with E-state index < -0.39 is 23.3 Å². The average molecular weight is 483 g/mol. The number of urea groups is 1. The molecule has 2 unspecified atom stereocenters. The van der Waals surface area contributed by atoms with Gasteiger partial charge in [0, 0.05) is 23.9 Å². The van der Waals surface area contributed by atoms with Crippen LogP contribution in [0, 0.1) is 11.7 Å². The fraction of sp³-hybridized carbons (Fsp3) is 0.364. The molecule has 6 nitrogen and oxygen atoms in total. The number of aliphatic hydroxyl groups is 1. The van der Waals surface area contributed by atoms with E-state index in [1.165, 1.54) is 23.1 Å². The SMILES string of the molecule is CC1N=C(N2CC=C(c3ccc(F)cc3)C(CO)C2)NC(=O)N1Cc1ccc(C(F)(F)F)s1. The number of hydrogen-bond donors (Lipinski definition) is 2. The zero-order valence-electron chi connectivity index (χ0n) is 17.6. The molecule has 2 aromatic rings. The fourth-order valence-electron chi connectivity index (χ4n) is 3.90. The summed E-state index contributed by atoms with van der Waals surface area (Å²) < 4.78 is 51.8. The Bertz CT molecular complexity index is 1080. The lowest BCUT2D eigenvalue weighted by Crippen LogP contribution is -2.57. The predicted octanol–water partition coefficient (Wildman–Crippen LogP) is 4.14. The van der Waals surface area contributed by atoms with E-state index in [0.29, 0.717) is 35.3 Å². The van der Waals surface area contributed by atoms with Crippen LogP contribution in [0.5, 0.6) is 0 Å². The van der Waals surface area contributed by atoms with Crippen molar-refractivity contribution in [3.05, 3.63) is 63.6 Å². The van der Waals surface area contributed by atoms with Crippen molar-refractivity contribution >= 4 is 28.9 Å². The summed E-state index contributed by atoms with van der Waals surface area (Å²) in [5.74, 6) is -0.254. The monoisotopic (exact) mass is 482 g/mol. The van der Waals surface area contributed by atoms with Crippen molar-refractivity contribution < 1.29 is 27.5 Å². The van der Waals surface area contributed by atoms with Crippen molar-refractivity contribution in [1.82, 2.24) is 15.1 Å². The number of hydrogen-bond acceptors (Lipinski definition) is 5. The number of aliphatic imine (C=N–C) groups is 1. The van der Waals surface area contributed by atoms with Gasteiger partial charge in [0.05, 0.1) is 13.2 Å². The number of alkyl halides is 3. The highest BCUT2D eigenvalue weighted by molar-refractivity contribution is 7.12. The summed E-state index contributed by atoms with van der Waals surface area (Å²) in [4.78, 5) is 20.1. The van der Waals surface area contributed by atoms with Gasteiger partial charge in [-0.1, -0.05) is 18.2 Å². The largest absolute Gasteiger partial charge is 0.425 e. The Kier molecular flexibility index (Phi) is 6.44. The molecule has 1 aromatic carbocycles. The smallest absolute Gasteiger partial charge is 0.396 e. The molecule has 0 radical (unpaired) electrons. The van der Waals surface area contributed by atoms with E-state index in [-0.39, 0.29) is 24.9 Å². The summed E-state index contributed by atoms with van der Waals surface area (Å²) in [5.41, 5.74) is 1.71. The van der Waals surface area contributed by atoms with Gasteiger partial charge in [0.1, 0.15) is 16.9 Å². The fourth-order valence-corrected chi connectivity index (χ4v) is 4.78. The van der Waals surface area contributed by atoms with Gasteiger partial charge in [-0.2, -0.15) is 13.2 Å². The van der Waals surface area contributed by atoms with Gasteiger partial charge in [0.25, 0.3) is 0 Å². The molecule has 176 valence electrons. The number of carbonyl (C=O) groups is 1. The molecule has 11 heteroatoms. The molecule has 2 aliphatic heterocycles. The van der Waals surface area contributed by atoms with E-state index in [1.54, 1.807) is 19.1 Å². The van der Waals surface area contributed by atoms with Crippen LogP contribution in [-0.2, 0) is 12.7 Å². The van der Waals surface area contributed by atoms with E-state index >= 15 is 0 Å². The Morgan fingerprint density at radius 2 is 1.94 bits per heavy atom. The summed E-state index contributed by atoms with van der Waals surface area (Å²) >= 11 is 0.604.